The standard InChI is InChI=1S/C8H16O2.C4H8O2.Na.H/c1-3-5-7(6-4-2)8(9)10;1-2-3-4(5)6;;/h7H,3-6H2,1-2H3,(H,9,10);2-3H2,1H3,(H,5,6);;. The van der Waals surface area contributed by atoms with Crippen LogP contribution in [0, 0.1) is 5.92 Å². The fourth-order valence-corrected chi connectivity index (χ4v) is 1.30. The second-order valence-electron chi connectivity index (χ2n) is 3.76. The molecule has 0 aliphatic carbocycles. The molecule has 0 aliphatic rings. The van der Waals surface area contributed by atoms with Gasteiger partial charge in [-0.3, -0.25) is 9.59 Å². The molecule has 5 heteroatoms. The maximum atomic E-state index is 10.5. The van der Waals surface area contributed by atoms with E-state index in [0.717, 1.165) is 32.1 Å². The minimum atomic E-state index is -0.711. The molecule has 0 heterocycles. The molecule has 0 radical (unpaired) electrons. The molecular weight excluding hydrogens is 231 g/mol. The van der Waals surface area contributed by atoms with Gasteiger partial charge in [0.1, 0.15) is 0 Å². The fourth-order valence-electron chi connectivity index (χ4n) is 1.30. The van der Waals surface area contributed by atoms with Crippen LogP contribution in [0.1, 0.15) is 59.3 Å². The van der Waals surface area contributed by atoms with E-state index in [-0.39, 0.29) is 35.5 Å². The van der Waals surface area contributed by atoms with Gasteiger partial charge in [-0.1, -0.05) is 33.6 Å². The minimum absolute atomic E-state index is 0. The summed E-state index contributed by atoms with van der Waals surface area (Å²) < 4.78 is 0. The van der Waals surface area contributed by atoms with E-state index in [1.807, 2.05) is 20.8 Å². The van der Waals surface area contributed by atoms with Crippen LogP contribution in [-0.4, -0.2) is 51.7 Å². The first-order valence-corrected chi connectivity index (χ1v) is 5.94. The molecule has 17 heavy (non-hydrogen) atoms. The summed E-state index contributed by atoms with van der Waals surface area (Å²) in [6.45, 7) is 5.88. The number of carboxylic acid groups (broad SMARTS) is 2. The second kappa shape index (κ2) is 15.9. The van der Waals surface area contributed by atoms with Gasteiger partial charge in [0, 0.05) is 6.42 Å². The number of rotatable bonds is 7. The molecule has 0 aromatic carbocycles. The van der Waals surface area contributed by atoms with Crippen molar-refractivity contribution in [3.8, 4) is 0 Å². The Balaban J connectivity index is -0.000000244. The van der Waals surface area contributed by atoms with Crippen molar-refractivity contribution < 1.29 is 19.8 Å². The van der Waals surface area contributed by atoms with Crippen molar-refractivity contribution in [2.75, 3.05) is 0 Å². The van der Waals surface area contributed by atoms with Crippen LogP contribution < -0.4 is 0 Å². The summed E-state index contributed by atoms with van der Waals surface area (Å²) in [5.74, 6) is -1.45. The first-order valence-electron chi connectivity index (χ1n) is 5.94. The van der Waals surface area contributed by atoms with Gasteiger partial charge in [-0.2, -0.15) is 0 Å². The number of carboxylic acids is 2. The zero-order valence-corrected chi connectivity index (χ0v) is 10.5. The van der Waals surface area contributed by atoms with Gasteiger partial charge in [0.05, 0.1) is 5.92 Å². The van der Waals surface area contributed by atoms with Crippen molar-refractivity contribution in [3.05, 3.63) is 0 Å². The normalized spacial score (nSPS) is 8.94. The van der Waals surface area contributed by atoms with Crippen molar-refractivity contribution in [3.63, 3.8) is 0 Å². The van der Waals surface area contributed by atoms with Crippen LogP contribution >= 0.6 is 0 Å². The third kappa shape index (κ3) is 18.5. The third-order valence-electron chi connectivity index (χ3n) is 2.09. The summed E-state index contributed by atoms with van der Waals surface area (Å²) in [7, 11) is 0. The Morgan fingerprint density at radius 2 is 1.35 bits per heavy atom. The molecule has 4 nitrogen and oxygen atoms in total. The molecule has 0 amide bonds. The monoisotopic (exact) mass is 256 g/mol. The first-order chi connectivity index (χ1) is 7.49. The Morgan fingerprint density at radius 3 is 1.47 bits per heavy atom. The summed E-state index contributed by atoms with van der Waals surface area (Å²) in [6, 6.07) is 0. The molecule has 0 bridgehead atoms. The third-order valence-corrected chi connectivity index (χ3v) is 2.09. The molecule has 0 saturated carbocycles. The molecule has 0 fully saturated rings. The van der Waals surface area contributed by atoms with Gasteiger partial charge in [-0.15, -0.1) is 0 Å². The van der Waals surface area contributed by atoms with Gasteiger partial charge in [-0.05, 0) is 19.3 Å². The van der Waals surface area contributed by atoms with E-state index in [2.05, 4.69) is 0 Å². The molecule has 0 rings (SSSR count). The summed E-state index contributed by atoms with van der Waals surface area (Å²) >= 11 is 0. The van der Waals surface area contributed by atoms with Crippen LogP contribution in [0.3, 0.4) is 0 Å². The molecule has 0 spiro atoms. The summed E-state index contributed by atoms with van der Waals surface area (Å²) in [4.78, 5) is 20.1. The van der Waals surface area contributed by atoms with Crippen LogP contribution in [0.15, 0.2) is 0 Å². The second-order valence-corrected chi connectivity index (χ2v) is 3.76. The van der Waals surface area contributed by atoms with Crippen LogP contribution in [0.5, 0.6) is 0 Å². The van der Waals surface area contributed by atoms with E-state index in [1.54, 1.807) is 0 Å². The van der Waals surface area contributed by atoms with Gasteiger partial charge < -0.3 is 10.2 Å². The van der Waals surface area contributed by atoms with Crippen molar-refractivity contribution in [1.82, 2.24) is 0 Å². The van der Waals surface area contributed by atoms with E-state index in [0.29, 0.717) is 6.42 Å². The quantitative estimate of drug-likeness (QED) is 0.686. The molecular formula is C12H25NaO4. The number of carbonyl (C=O) groups is 2. The Kier molecular flexibility index (Phi) is 20.8. The Bertz CT molecular complexity index is 189. The van der Waals surface area contributed by atoms with E-state index in [9.17, 15) is 9.59 Å². The molecule has 0 aromatic heterocycles. The SMILES string of the molecule is CCCC(=O)O.CCCC(CCC)C(=O)O.[NaH]. The van der Waals surface area contributed by atoms with Crippen LogP contribution in [-0.2, 0) is 9.59 Å². The van der Waals surface area contributed by atoms with Crippen molar-refractivity contribution in [1.29, 1.82) is 0 Å². The average molecular weight is 256 g/mol. The Labute approximate surface area is 126 Å². The van der Waals surface area contributed by atoms with Gasteiger partial charge >= 0.3 is 41.5 Å². The van der Waals surface area contributed by atoms with Gasteiger partial charge in [0.25, 0.3) is 0 Å². The predicted molar refractivity (Wildman–Crippen MR) is 70.6 cm³/mol. The topological polar surface area (TPSA) is 74.6 Å². The maximum absolute atomic E-state index is 10.5. The van der Waals surface area contributed by atoms with Crippen LogP contribution in [0.25, 0.3) is 0 Å². The van der Waals surface area contributed by atoms with Gasteiger partial charge in [0.15, 0.2) is 0 Å². The number of aliphatic carboxylic acids is 2. The zero-order valence-electron chi connectivity index (χ0n) is 10.5. The van der Waals surface area contributed by atoms with Crippen molar-refractivity contribution in [2.24, 2.45) is 5.92 Å². The molecule has 2 N–H and O–H groups in total. The fraction of sp³-hybridized carbons (Fsp3) is 0.833. The molecule has 98 valence electrons. The zero-order chi connectivity index (χ0) is 13.0. The Morgan fingerprint density at radius 1 is 0.941 bits per heavy atom. The number of hydrogen-bond acceptors (Lipinski definition) is 2. The van der Waals surface area contributed by atoms with Crippen molar-refractivity contribution in [2.45, 2.75) is 59.3 Å². The predicted octanol–water partition coefficient (Wildman–Crippen LogP) is 2.51. The molecule has 0 atom stereocenters. The summed E-state index contributed by atoms with van der Waals surface area (Å²) in [6.07, 6.45) is 4.61. The molecule has 0 aliphatic heterocycles. The van der Waals surface area contributed by atoms with Gasteiger partial charge in [0.2, 0.25) is 0 Å². The first kappa shape index (κ1) is 22.1. The van der Waals surface area contributed by atoms with Crippen LogP contribution in [0.2, 0.25) is 0 Å². The average Bonchev–Trinajstić information content (AvgIpc) is 2.18. The van der Waals surface area contributed by atoms with Gasteiger partial charge in [-0.25, -0.2) is 0 Å². The van der Waals surface area contributed by atoms with E-state index >= 15 is 0 Å². The Hall–Kier alpha value is -0.0600. The molecule has 0 unspecified atom stereocenters. The van der Waals surface area contributed by atoms with E-state index in [4.69, 9.17) is 10.2 Å². The van der Waals surface area contributed by atoms with E-state index < -0.39 is 11.9 Å². The van der Waals surface area contributed by atoms with E-state index in [1.165, 1.54) is 0 Å². The summed E-state index contributed by atoms with van der Waals surface area (Å²) in [5.41, 5.74) is 0. The molecule has 0 aromatic rings. The number of hydrogen-bond donors (Lipinski definition) is 2. The summed E-state index contributed by atoms with van der Waals surface area (Å²) in [5, 5.41) is 16.5. The van der Waals surface area contributed by atoms with Crippen LogP contribution in [0.4, 0.5) is 0 Å². The molecule has 0 saturated heterocycles. The van der Waals surface area contributed by atoms with Crippen molar-refractivity contribution >= 4 is 41.5 Å².